The maximum atomic E-state index is 13.1. The van der Waals surface area contributed by atoms with Crippen LogP contribution < -0.4 is 11.1 Å². The van der Waals surface area contributed by atoms with Crippen LogP contribution >= 0.6 is 11.6 Å². The number of fused-ring (bicyclic) bond motifs is 2. The van der Waals surface area contributed by atoms with Crippen molar-refractivity contribution in [3.05, 3.63) is 105 Å². The van der Waals surface area contributed by atoms with Gasteiger partial charge < -0.3 is 0 Å². The van der Waals surface area contributed by atoms with E-state index in [1.54, 1.807) is 73.2 Å². The lowest BCUT2D eigenvalue weighted by atomic mass is 10.2. The van der Waals surface area contributed by atoms with Crippen LogP contribution in [0.3, 0.4) is 0 Å². The van der Waals surface area contributed by atoms with E-state index in [1.165, 1.54) is 9.13 Å². The number of para-hydroxylation sites is 1. The summed E-state index contributed by atoms with van der Waals surface area (Å²) in [5.74, 6) is 0.501. The summed E-state index contributed by atoms with van der Waals surface area (Å²) in [5.41, 5.74) is 1.02. The van der Waals surface area contributed by atoms with E-state index in [0.717, 1.165) is 0 Å². The molecule has 0 aliphatic carbocycles. The third kappa shape index (κ3) is 2.81. The molecule has 6 nitrogen and oxygen atoms in total. The maximum Gasteiger partial charge on any atom is 0.265 e. The summed E-state index contributed by atoms with van der Waals surface area (Å²) < 4.78 is 2.89. The van der Waals surface area contributed by atoms with Crippen molar-refractivity contribution in [1.29, 1.82) is 0 Å². The first-order valence-electron chi connectivity index (χ1n) is 8.87. The van der Waals surface area contributed by atoms with E-state index in [-0.39, 0.29) is 11.1 Å². The molecule has 0 N–H and O–H groups in total. The number of hydrogen-bond donors (Lipinski definition) is 0. The van der Waals surface area contributed by atoms with Crippen LogP contribution in [0.2, 0.25) is 5.02 Å². The van der Waals surface area contributed by atoms with Gasteiger partial charge in [0.2, 0.25) is 0 Å². The Hall–Kier alpha value is -3.77. The molecule has 0 unspecified atom stereocenters. The van der Waals surface area contributed by atoms with Gasteiger partial charge in [-0.3, -0.25) is 18.7 Å². The molecule has 0 aliphatic rings. The Morgan fingerprint density at radius 2 is 1.41 bits per heavy atom. The number of benzene rings is 1. The zero-order chi connectivity index (χ0) is 20.0. The van der Waals surface area contributed by atoms with Crippen molar-refractivity contribution in [2.24, 2.45) is 0 Å². The molecule has 0 radical (unpaired) electrons. The van der Waals surface area contributed by atoms with E-state index in [2.05, 4.69) is 9.97 Å². The lowest BCUT2D eigenvalue weighted by molar-refractivity contribution is 0.953. The fraction of sp³-hybridized carbons (Fsp3) is 0. The minimum Gasteiger partial charge on any atom is -0.282 e. The van der Waals surface area contributed by atoms with E-state index >= 15 is 0 Å². The van der Waals surface area contributed by atoms with Crippen molar-refractivity contribution >= 4 is 33.4 Å². The second-order valence-corrected chi connectivity index (χ2v) is 6.88. The molecule has 140 valence electrons. The van der Waals surface area contributed by atoms with Gasteiger partial charge in [0.15, 0.2) is 0 Å². The summed E-state index contributed by atoms with van der Waals surface area (Å²) in [5, 5.41) is 1.15. The van der Waals surface area contributed by atoms with Crippen molar-refractivity contribution in [3.63, 3.8) is 0 Å². The maximum absolute atomic E-state index is 13.1. The van der Waals surface area contributed by atoms with Gasteiger partial charge in [0.05, 0.1) is 32.5 Å². The van der Waals surface area contributed by atoms with Crippen molar-refractivity contribution < 1.29 is 0 Å². The summed E-state index contributed by atoms with van der Waals surface area (Å²) in [7, 11) is 0. The smallest absolute Gasteiger partial charge is 0.265 e. The van der Waals surface area contributed by atoms with Crippen molar-refractivity contribution in [2.45, 2.75) is 0 Å². The van der Waals surface area contributed by atoms with Gasteiger partial charge in [-0.25, -0.2) is 9.97 Å². The molecule has 0 atom stereocenters. The molecule has 0 fully saturated rings. The highest BCUT2D eigenvalue weighted by Crippen LogP contribution is 2.20. The molecule has 0 saturated heterocycles. The van der Waals surface area contributed by atoms with Crippen LogP contribution in [-0.4, -0.2) is 19.1 Å². The van der Waals surface area contributed by atoms with Crippen LogP contribution in [0.5, 0.6) is 0 Å². The average molecular weight is 401 g/mol. The van der Waals surface area contributed by atoms with Gasteiger partial charge in [-0.1, -0.05) is 29.8 Å². The molecule has 4 heterocycles. The highest BCUT2D eigenvalue weighted by atomic mass is 35.5. The first kappa shape index (κ1) is 17.3. The summed E-state index contributed by atoms with van der Waals surface area (Å²) in [6.45, 7) is 0. The SMILES string of the molecule is O=c1c2cc3c(=O)n(-c4ccccc4Cl)ccc3nc2ccn1-c1ccccn1. The fourth-order valence-corrected chi connectivity index (χ4v) is 3.56. The molecule has 0 spiro atoms. The molecule has 1 aromatic carbocycles. The summed E-state index contributed by atoms with van der Waals surface area (Å²) in [6, 6.07) is 17.5. The molecule has 0 amide bonds. The lowest BCUT2D eigenvalue weighted by Gasteiger charge is -2.10. The third-order valence-corrected chi connectivity index (χ3v) is 5.07. The molecule has 0 saturated carbocycles. The quantitative estimate of drug-likeness (QED) is 0.423. The predicted molar refractivity (Wildman–Crippen MR) is 113 cm³/mol. The zero-order valence-corrected chi connectivity index (χ0v) is 15.7. The van der Waals surface area contributed by atoms with Crippen molar-refractivity contribution in [2.75, 3.05) is 0 Å². The molecule has 0 aliphatic heterocycles. The van der Waals surface area contributed by atoms with Gasteiger partial charge in [-0.05, 0) is 42.5 Å². The van der Waals surface area contributed by atoms with Crippen LogP contribution in [-0.2, 0) is 0 Å². The monoisotopic (exact) mass is 400 g/mol. The first-order chi connectivity index (χ1) is 14.1. The lowest BCUT2D eigenvalue weighted by Crippen LogP contribution is -2.21. The largest absolute Gasteiger partial charge is 0.282 e. The second-order valence-electron chi connectivity index (χ2n) is 6.48. The van der Waals surface area contributed by atoms with E-state index < -0.39 is 0 Å². The number of hydrogen-bond acceptors (Lipinski definition) is 4. The number of aromatic nitrogens is 4. The van der Waals surface area contributed by atoms with Crippen LogP contribution in [0.25, 0.3) is 33.3 Å². The normalized spacial score (nSPS) is 11.2. The van der Waals surface area contributed by atoms with Gasteiger partial charge in [0.25, 0.3) is 11.1 Å². The van der Waals surface area contributed by atoms with E-state index in [9.17, 15) is 9.59 Å². The highest BCUT2D eigenvalue weighted by Gasteiger charge is 2.12. The second kappa shape index (κ2) is 6.68. The highest BCUT2D eigenvalue weighted by molar-refractivity contribution is 6.32. The number of rotatable bonds is 2. The number of halogens is 1. The van der Waals surface area contributed by atoms with Crippen LogP contribution in [0.4, 0.5) is 0 Å². The Morgan fingerprint density at radius 1 is 0.759 bits per heavy atom. The fourth-order valence-electron chi connectivity index (χ4n) is 3.34. The minimum atomic E-state index is -0.294. The van der Waals surface area contributed by atoms with Gasteiger partial charge in [-0.15, -0.1) is 0 Å². The summed E-state index contributed by atoms with van der Waals surface area (Å²) in [4.78, 5) is 34.9. The molecular weight excluding hydrogens is 388 g/mol. The van der Waals surface area contributed by atoms with Crippen LogP contribution in [0.1, 0.15) is 0 Å². The Balaban J connectivity index is 1.80. The summed E-state index contributed by atoms with van der Waals surface area (Å²) in [6.07, 6.45) is 4.89. The van der Waals surface area contributed by atoms with Gasteiger partial charge in [-0.2, -0.15) is 0 Å². The minimum absolute atomic E-state index is 0.289. The molecule has 7 heteroatoms. The van der Waals surface area contributed by atoms with E-state index in [1.807, 2.05) is 6.07 Å². The zero-order valence-electron chi connectivity index (χ0n) is 15.0. The van der Waals surface area contributed by atoms with Gasteiger partial charge in [0.1, 0.15) is 5.82 Å². The Morgan fingerprint density at radius 3 is 2.10 bits per heavy atom. The molecule has 4 aromatic heterocycles. The first-order valence-corrected chi connectivity index (χ1v) is 9.25. The van der Waals surface area contributed by atoms with Crippen LogP contribution in [0.15, 0.2) is 88.8 Å². The molecule has 5 aromatic rings. The number of nitrogens with zero attached hydrogens (tertiary/aromatic N) is 4. The van der Waals surface area contributed by atoms with Gasteiger partial charge in [0, 0.05) is 18.6 Å². The van der Waals surface area contributed by atoms with E-state index in [0.29, 0.717) is 38.3 Å². The average Bonchev–Trinajstić information content (AvgIpc) is 2.75. The third-order valence-electron chi connectivity index (χ3n) is 4.75. The Labute approximate surface area is 169 Å². The summed E-state index contributed by atoms with van der Waals surface area (Å²) >= 11 is 6.26. The molecule has 29 heavy (non-hydrogen) atoms. The Bertz CT molecular complexity index is 1510. The standard InChI is InChI=1S/C22H13ClN4O2/c23-16-5-1-2-6-19(16)26-11-8-17-14(21(26)28)13-15-18(25-17)9-12-27(22(15)29)20-7-3-4-10-24-20/h1-13H. The van der Waals surface area contributed by atoms with Crippen LogP contribution in [0, 0.1) is 0 Å². The van der Waals surface area contributed by atoms with Crippen molar-refractivity contribution in [3.8, 4) is 11.5 Å². The predicted octanol–water partition coefficient (Wildman–Crippen LogP) is 3.74. The Kier molecular flexibility index (Phi) is 4.00. The molecule has 5 rings (SSSR count). The number of pyridine rings is 4. The molecular formula is C22H13ClN4O2. The molecule has 0 bridgehead atoms. The van der Waals surface area contributed by atoms with E-state index in [4.69, 9.17) is 11.6 Å². The van der Waals surface area contributed by atoms with Crippen molar-refractivity contribution in [1.82, 2.24) is 19.1 Å². The van der Waals surface area contributed by atoms with Gasteiger partial charge >= 0.3 is 0 Å². The topological polar surface area (TPSA) is 69.8 Å².